The van der Waals surface area contributed by atoms with E-state index in [1.165, 1.54) is 0 Å². The van der Waals surface area contributed by atoms with Gasteiger partial charge in [-0.2, -0.15) is 5.10 Å². The molecule has 136 valence electrons. The number of nitrogens with zero attached hydrogens (tertiary/aromatic N) is 4. The summed E-state index contributed by atoms with van der Waals surface area (Å²) in [6.07, 6.45) is 5.67. The molecule has 0 bridgehead atoms. The van der Waals surface area contributed by atoms with Crippen molar-refractivity contribution in [2.75, 3.05) is 18.0 Å². The Morgan fingerprint density at radius 1 is 0.923 bits per heavy atom. The molecule has 0 N–H and O–H groups in total. The van der Waals surface area contributed by atoms with Gasteiger partial charge in [0.15, 0.2) is 5.82 Å². The minimum Gasteiger partial charge on any atom is -0.371 e. The van der Waals surface area contributed by atoms with Gasteiger partial charge in [-0.25, -0.2) is 8.78 Å². The Morgan fingerprint density at radius 3 is 2.46 bits per heavy atom. The van der Waals surface area contributed by atoms with E-state index in [0.29, 0.717) is 28.8 Å². The molecule has 2 aliphatic heterocycles. The first-order valence-corrected chi connectivity index (χ1v) is 9.92. The van der Waals surface area contributed by atoms with E-state index >= 15 is 8.78 Å². The fourth-order valence-corrected chi connectivity index (χ4v) is 4.78. The van der Waals surface area contributed by atoms with Crippen LogP contribution in [0.1, 0.15) is 25.7 Å². The number of hydrogen-bond donors (Lipinski definition) is 0. The smallest absolute Gasteiger partial charge is 0.158 e. The Hall–Kier alpha value is -1.89. The van der Waals surface area contributed by atoms with Gasteiger partial charge in [0.1, 0.15) is 17.2 Å². The maximum absolute atomic E-state index is 15.5. The van der Waals surface area contributed by atoms with E-state index in [-0.39, 0.29) is 11.6 Å². The number of aryl methyl sites for hydroxylation is 2. The lowest BCUT2D eigenvalue weighted by molar-refractivity contribution is 0.505. The van der Waals surface area contributed by atoms with E-state index in [2.05, 4.69) is 25.9 Å². The van der Waals surface area contributed by atoms with Gasteiger partial charge in [0.05, 0.1) is 16.2 Å². The molecule has 2 aliphatic rings. The molecule has 0 radical (unpaired) electrons. The maximum atomic E-state index is 15.5. The van der Waals surface area contributed by atoms with Crippen LogP contribution in [0.15, 0.2) is 22.8 Å². The molecular formula is C19H19BrF2N4. The van der Waals surface area contributed by atoms with Crippen molar-refractivity contribution >= 4 is 32.5 Å². The molecule has 0 saturated carbocycles. The molecule has 1 aromatic carbocycles. The predicted molar refractivity (Wildman–Crippen MR) is 101 cm³/mol. The fraction of sp³-hybridized carbons (Fsp3) is 0.421. The molecule has 2 aromatic heterocycles. The van der Waals surface area contributed by atoms with Gasteiger partial charge in [-0.05, 0) is 53.7 Å². The van der Waals surface area contributed by atoms with Crippen LogP contribution in [-0.2, 0) is 13.1 Å². The molecule has 1 fully saturated rings. The maximum Gasteiger partial charge on any atom is 0.158 e. The van der Waals surface area contributed by atoms with Crippen molar-refractivity contribution in [2.24, 2.45) is 0 Å². The van der Waals surface area contributed by atoms with E-state index in [0.717, 1.165) is 55.5 Å². The number of benzene rings is 1. The highest BCUT2D eigenvalue weighted by molar-refractivity contribution is 9.10. The average molecular weight is 421 g/mol. The van der Waals surface area contributed by atoms with Crippen LogP contribution in [0.2, 0.25) is 0 Å². The Labute approximate surface area is 158 Å². The first-order chi connectivity index (χ1) is 12.6. The summed E-state index contributed by atoms with van der Waals surface area (Å²) in [5.41, 5.74) is 2.27. The number of aromatic nitrogens is 3. The van der Waals surface area contributed by atoms with E-state index < -0.39 is 0 Å². The van der Waals surface area contributed by atoms with Crippen molar-refractivity contribution in [3.8, 4) is 11.4 Å². The van der Waals surface area contributed by atoms with Crippen LogP contribution in [0, 0.1) is 11.6 Å². The molecule has 5 rings (SSSR count). The molecule has 4 nitrogen and oxygen atoms in total. The molecule has 7 heteroatoms. The number of rotatable bonds is 1. The second-order valence-electron chi connectivity index (χ2n) is 7.10. The van der Waals surface area contributed by atoms with Gasteiger partial charge in [0, 0.05) is 37.3 Å². The van der Waals surface area contributed by atoms with Gasteiger partial charge in [-0.1, -0.05) is 0 Å². The molecule has 0 spiro atoms. The lowest BCUT2D eigenvalue weighted by atomic mass is 10.2. The zero-order valence-electron chi connectivity index (χ0n) is 14.3. The van der Waals surface area contributed by atoms with Crippen LogP contribution in [-0.4, -0.2) is 27.4 Å². The van der Waals surface area contributed by atoms with Crippen molar-refractivity contribution in [2.45, 2.75) is 38.8 Å². The first kappa shape index (κ1) is 16.3. The molecule has 0 unspecified atom stereocenters. The van der Waals surface area contributed by atoms with Crippen LogP contribution < -0.4 is 4.90 Å². The van der Waals surface area contributed by atoms with Crippen LogP contribution in [0.5, 0.6) is 0 Å². The van der Waals surface area contributed by atoms with E-state index in [1.807, 2.05) is 10.7 Å². The zero-order chi connectivity index (χ0) is 17.8. The zero-order valence-corrected chi connectivity index (χ0v) is 15.9. The standard InChI is InChI=1S/C19H19BrF2N4/c20-14-11-23-26-8-4-3-7-25-17-13(16(22)19(25)18(14)26)9-12(10-15(17)21)24-5-1-2-6-24/h9-11H,1-8H2. The van der Waals surface area contributed by atoms with Crippen molar-refractivity contribution in [1.29, 1.82) is 0 Å². The third kappa shape index (κ3) is 2.32. The second kappa shape index (κ2) is 6.08. The summed E-state index contributed by atoms with van der Waals surface area (Å²) in [4.78, 5) is 2.14. The van der Waals surface area contributed by atoms with Crippen molar-refractivity contribution < 1.29 is 8.78 Å². The highest BCUT2D eigenvalue weighted by Crippen LogP contribution is 2.40. The Bertz CT molecular complexity index is 1000. The molecule has 0 amide bonds. The minimum atomic E-state index is -0.357. The number of fused-ring (bicyclic) bond motifs is 5. The third-order valence-electron chi connectivity index (χ3n) is 5.52. The molecule has 3 aromatic rings. The van der Waals surface area contributed by atoms with Gasteiger partial charge in [-0.15, -0.1) is 0 Å². The predicted octanol–water partition coefficient (Wildman–Crippen LogP) is 4.94. The number of halogens is 3. The van der Waals surface area contributed by atoms with Crippen LogP contribution in [0.3, 0.4) is 0 Å². The highest BCUT2D eigenvalue weighted by Gasteiger charge is 2.28. The highest BCUT2D eigenvalue weighted by atomic mass is 79.9. The fourth-order valence-electron chi connectivity index (χ4n) is 4.30. The van der Waals surface area contributed by atoms with Gasteiger partial charge in [0.2, 0.25) is 0 Å². The van der Waals surface area contributed by atoms with Crippen LogP contribution >= 0.6 is 15.9 Å². The summed E-state index contributed by atoms with van der Waals surface area (Å²) in [5, 5.41) is 4.72. The Balaban J connectivity index is 1.80. The van der Waals surface area contributed by atoms with Crippen molar-refractivity contribution in [3.63, 3.8) is 0 Å². The SMILES string of the molecule is Fc1c2n(c3c(F)cc(N4CCCC4)cc13)CCCCn1ncc(Br)c1-2. The summed E-state index contributed by atoms with van der Waals surface area (Å²) in [5.74, 6) is -0.707. The van der Waals surface area contributed by atoms with Gasteiger partial charge in [-0.3, -0.25) is 4.68 Å². The van der Waals surface area contributed by atoms with E-state index in [1.54, 1.807) is 16.8 Å². The lowest BCUT2D eigenvalue weighted by Gasteiger charge is -2.19. The first-order valence-electron chi connectivity index (χ1n) is 9.13. The molecule has 0 aliphatic carbocycles. The summed E-state index contributed by atoms with van der Waals surface area (Å²) in [6, 6.07) is 3.37. The monoisotopic (exact) mass is 420 g/mol. The molecular weight excluding hydrogens is 402 g/mol. The molecule has 0 atom stereocenters. The van der Waals surface area contributed by atoms with Crippen LogP contribution in [0.25, 0.3) is 22.3 Å². The van der Waals surface area contributed by atoms with Crippen LogP contribution in [0.4, 0.5) is 14.5 Å². The van der Waals surface area contributed by atoms with Gasteiger partial charge in [0.25, 0.3) is 0 Å². The summed E-state index contributed by atoms with van der Waals surface area (Å²) < 4.78 is 35.0. The summed E-state index contributed by atoms with van der Waals surface area (Å²) >= 11 is 3.50. The summed E-state index contributed by atoms with van der Waals surface area (Å²) in [6.45, 7) is 3.15. The Morgan fingerprint density at radius 2 is 1.65 bits per heavy atom. The van der Waals surface area contributed by atoms with Crippen molar-refractivity contribution in [1.82, 2.24) is 14.3 Å². The summed E-state index contributed by atoms with van der Waals surface area (Å²) in [7, 11) is 0. The molecule has 26 heavy (non-hydrogen) atoms. The average Bonchev–Trinajstić information content (AvgIpc) is 3.30. The quantitative estimate of drug-likeness (QED) is 0.557. The Kier molecular flexibility index (Phi) is 3.81. The normalized spacial score (nSPS) is 17.3. The van der Waals surface area contributed by atoms with E-state index in [4.69, 9.17) is 0 Å². The second-order valence-corrected chi connectivity index (χ2v) is 7.96. The third-order valence-corrected chi connectivity index (χ3v) is 6.10. The van der Waals surface area contributed by atoms with Gasteiger partial charge >= 0.3 is 0 Å². The molecule has 1 saturated heterocycles. The van der Waals surface area contributed by atoms with Crippen molar-refractivity contribution in [3.05, 3.63) is 34.4 Å². The largest absolute Gasteiger partial charge is 0.371 e. The molecule has 4 heterocycles. The van der Waals surface area contributed by atoms with E-state index in [9.17, 15) is 0 Å². The van der Waals surface area contributed by atoms with Gasteiger partial charge < -0.3 is 9.47 Å². The lowest BCUT2D eigenvalue weighted by Crippen LogP contribution is -2.17. The number of anilines is 1. The minimum absolute atomic E-state index is 0.350. The number of hydrogen-bond acceptors (Lipinski definition) is 2. The topological polar surface area (TPSA) is 26.0 Å².